The average molecular weight is 392 g/mol. The lowest BCUT2D eigenvalue weighted by Crippen LogP contribution is -1.92. The predicted molar refractivity (Wildman–Crippen MR) is 120 cm³/mol. The molecule has 0 saturated carbocycles. The molecule has 0 aliphatic carbocycles. The first-order valence-corrected chi connectivity index (χ1v) is 9.60. The van der Waals surface area contributed by atoms with Crippen molar-refractivity contribution in [1.82, 2.24) is 0 Å². The third kappa shape index (κ3) is 2.58. The lowest BCUT2D eigenvalue weighted by molar-refractivity contribution is 1.44. The summed E-state index contributed by atoms with van der Waals surface area (Å²) in [6.45, 7) is 2.04. The van der Waals surface area contributed by atoms with Crippen LogP contribution in [0.25, 0.3) is 43.1 Å². The molecular formula is C27H12N4. The summed E-state index contributed by atoms with van der Waals surface area (Å²) < 4.78 is 0. The molecule has 140 valence electrons. The van der Waals surface area contributed by atoms with Crippen molar-refractivity contribution in [3.8, 4) is 24.3 Å². The summed E-state index contributed by atoms with van der Waals surface area (Å²) in [6.07, 6.45) is 0. The summed E-state index contributed by atoms with van der Waals surface area (Å²) in [4.78, 5) is 0. The Hall–Kier alpha value is -4.90. The fraction of sp³-hybridized carbons (Fsp3) is 0.0370. The van der Waals surface area contributed by atoms with E-state index in [-0.39, 0.29) is 11.1 Å². The fourth-order valence-electron chi connectivity index (χ4n) is 4.32. The van der Waals surface area contributed by atoms with Crippen LogP contribution in [0.2, 0.25) is 0 Å². The number of fused-ring (bicyclic) bond motifs is 7. The second kappa shape index (κ2) is 6.57. The minimum Gasteiger partial charge on any atom is -0.192 e. The molecule has 0 heterocycles. The van der Waals surface area contributed by atoms with E-state index in [0.29, 0.717) is 11.1 Å². The van der Waals surface area contributed by atoms with Gasteiger partial charge in [0.1, 0.15) is 24.3 Å². The van der Waals surface area contributed by atoms with E-state index in [9.17, 15) is 21.0 Å². The van der Waals surface area contributed by atoms with Gasteiger partial charge in [-0.15, -0.1) is 0 Å². The summed E-state index contributed by atoms with van der Waals surface area (Å²) in [5, 5.41) is 45.5. The van der Waals surface area contributed by atoms with Crippen molar-refractivity contribution in [3.05, 3.63) is 82.4 Å². The predicted octanol–water partition coefficient (Wildman–Crippen LogP) is 6.09. The van der Waals surface area contributed by atoms with Crippen molar-refractivity contribution in [2.45, 2.75) is 6.92 Å². The van der Waals surface area contributed by atoms with Crippen LogP contribution in [-0.4, -0.2) is 0 Å². The molecule has 5 rings (SSSR count). The molecule has 0 unspecified atom stereocenters. The first-order chi connectivity index (χ1) is 15.1. The SMILES string of the molecule is Cc1ccc2cc3c4cc(C#N)c(C#N)cc4c4cc(C#N)c(C#N)cc4c3cc2c1. The standard InChI is InChI=1S/C27H12N4/c1-15-2-3-16-5-22-23(6-17(16)4-15)25-8-19(12-29)21(14-31)10-27(25)26-9-20(13-30)18(11-28)7-24(22)26/h2-10H,1H3. The van der Waals surface area contributed by atoms with E-state index in [4.69, 9.17) is 0 Å². The molecular weight excluding hydrogens is 380 g/mol. The van der Waals surface area contributed by atoms with Gasteiger partial charge in [-0.2, -0.15) is 21.0 Å². The highest BCUT2D eigenvalue weighted by molar-refractivity contribution is 6.28. The zero-order valence-electron chi connectivity index (χ0n) is 16.5. The molecule has 0 saturated heterocycles. The van der Waals surface area contributed by atoms with Crippen LogP contribution >= 0.6 is 0 Å². The zero-order valence-corrected chi connectivity index (χ0v) is 16.5. The number of hydrogen-bond donors (Lipinski definition) is 0. The van der Waals surface area contributed by atoms with Crippen LogP contribution in [0.3, 0.4) is 0 Å². The van der Waals surface area contributed by atoms with Crippen molar-refractivity contribution in [3.63, 3.8) is 0 Å². The molecule has 0 aromatic heterocycles. The van der Waals surface area contributed by atoms with Crippen LogP contribution in [0.4, 0.5) is 0 Å². The van der Waals surface area contributed by atoms with E-state index < -0.39 is 0 Å². The smallest absolute Gasteiger partial charge is 0.101 e. The molecule has 4 nitrogen and oxygen atoms in total. The topological polar surface area (TPSA) is 95.2 Å². The summed E-state index contributed by atoms with van der Waals surface area (Å²) in [5.41, 5.74) is 2.35. The Morgan fingerprint density at radius 3 is 1.19 bits per heavy atom. The molecule has 0 atom stereocenters. The highest BCUT2D eigenvalue weighted by atomic mass is 14.3. The number of rotatable bonds is 0. The van der Waals surface area contributed by atoms with Crippen LogP contribution in [0.1, 0.15) is 27.8 Å². The summed E-state index contributed by atoms with van der Waals surface area (Å²) in [7, 11) is 0. The van der Waals surface area contributed by atoms with Crippen molar-refractivity contribution >= 4 is 43.1 Å². The van der Waals surface area contributed by atoms with E-state index in [1.807, 2.05) is 6.92 Å². The van der Waals surface area contributed by atoms with Gasteiger partial charge in [0.2, 0.25) is 0 Å². The molecule has 4 heteroatoms. The molecule has 0 fully saturated rings. The van der Waals surface area contributed by atoms with Gasteiger partial charge in [-0.05, 0) is 86.4 Å². The number of nitriles is 4. The summed E-state index contributed by atoms with van der Waals surface area (Å²) in [5.74, 6) is 0. The molecule has 0 N–H and O–H groups in total. The van der Waals surface area contributed by atoms with Crippen molar-refractivity contribution < 1.29 is 0 Å². The normalized spacial score (nSPS) is 10.6. The first-order valence-electron chi connectivity index (χ1n) is 9.60. The van der Waals surface area contributed by atoms with Gasteiger partial charge in [-0.25, -0.2) is 0 Å². The minimum absolute atomic E-state index is 0.287. The third-order valence-corrected chi connectivity index (χ3v) is 5.80. The van der Waals surface area contributed by atoms with E-state index in [1.54, 1.807) is 24.3 Å². The van der Waals surface area contributed by atoms with Crippen molar-refractivity contribution in [2.24, 2.45) is 0 Å². The number of aryl methyl sites for hydroxylation is 1. The number of benzene rings is 5. The third-order valence-electron chi connectivity index (χ3n) is 5.80. The largest absolute Gasteiger partial charge is 0.192 e. The Kier molecular flexibility index (Phi) is 3.85. The zero-order chi connectivity index (χ0) is 21.7. The highest BCUT2D eigenvalue weighted by Gasteiger charge is 2.16. The Labute approximate surface area is 178 Å². The van der Waals surface area contributed by atoms with Crippen molar-refractivity contribution in [1.29, 1.82) is 21.0 Å². The summed E-state index contributed by atoms with van der Waals surface area (Å²) in [6, 6.07) is 25.8. The highest BCUT2D eigenvalue weighted by Crippen LogP contribution is 2.39. The minimum atomic E-state index is 0.287. The second-order valence-electron chi connectivity index (χ2n) is 7.58. The Morgan fingerprint density at radius 2 is 0.806 bits per heavy atom. The van der Waals surface area contributed by atoms with Gasteiger partial charge < -0.3 is 0 Å². The van der Waals surface area contributed by atoms with E-state index >= 15 is 0 Å². The lowest BCUT2D eigenvalue weighted by Gasteiger charge is -2.14. The Balaban J connectivity index is 2.14. The molecule has 5 aromatic carbocycles. The molecule has 5 aromatic rings. The Morgan fingerprint density at radius 1 is 0.452 bits per heavy atom. The molecule has 0 amide bonds. The van der Waals surface area contributed by atoms with Gasteiger partial charge in [0, 0.05) is 0 Å². The van der Waals surface area contributed by atoms with Crippen LogP contribution in [0.15, 0.2) is 54.6 Å². The van der Waals surface area contributed by atoms with Crippen LogP contribution in [0, 0.1) is 52.2 Å². The molecule has 0 spiro atoms. The lowest BCUT2D eigenvalue weighted by atomic mass is 9.88. The first kappa shape index (κ1) is 18.1. The maximum atomic E-state index is 9.57. The number of hydrogen-bond acceptors (Lipinski definition) is 4. The van der Waals surface area contributed by atoms with Crippen LogP contribution in [0.5, 0.6) is 0 Å². The molecule has 31 heavy (non-hydrogen) atoms. The molecule has 0 aliphatic rings. The van der Waals surface area contributed by atoms with E-state index in [0.717, 1.165) is 48.7 Å². The fourth-order valence-corrected chi connectivity index (χ4v) is 4.32. The number of nitrogens with zero attached hydrogens (tertiary/aromatic N) is 4. The summed E-state index contributed by atoms with van der Waals surface area (Å²) >= 11 is 0. The van der Waals surface area contributed by atoms with Crippen molar-refractivity contribution in [2.75, 3.05) is 0 Å². The van der Waals surface area contributed by atoms with Gasteiger partial charge in [-0.1, -0.05) is 23.8 Å². The monoisotopic (exact) mass is 392 g/mol. The van der Waals surface area contributed by atoms with Gasteiger partial charge in [0.05, 0.1) is 22.3 Å². The van der Waals surface area contributed by atoms with E-state index in [1.165, 1.54) is 0 Å². The second-order valence-corrected chi connectivity index (χ2v) is 7.58. The van der Waals surface area contributed by atoms with Gasteiger partial charge in [-0.3, -0.25) is 0 Å². The quantitative estimate of drug-likeness (QED) is 0.235. The van der Waals surface area contributed by atoms with Crippen LogP contribution < -0.4 is 0 Å². The average Bonchev–Trinajstić information content (AvgIpc) is 2.81. The van der Waals surface area contributed by atoms with Crippen LogP contribution in [-0.2, 0) is 0 Å². The maximum absolute atomic E-state index is 9.57. The molecule has 0 radical (unpaired) electrons. The van der Waals surface area contributed by atoms with Gasteiger partial charge >= 0.3 is 0 Å². The Bertz CT molecular complexity index is 1780. The maximum Gasteiger partial charge on any atom is 0.101 e. The molecule has 0 bridgehead atoms. The van der Waals surface area contributed by atoms with E-state index in [2.05, 4.69) is 54.6 Å². The molecule has 0 aliphatic heterocycles. The van der Waals surface area contributed by atoms with Gasteiger partial charge in [0.15, 0.2) is 0 Å². The van der Waals surface area contributed by atoms with Gasteiger partial charge in [0.25, 0.3) is 0 Å².